The predicted octanol–water partition coefficient (Wildman–Crippen LogP) is 2.89. The molecule has 0 saturated carbocycles. The molecule has 2 aromatic carbocycles. The molecule has 5 rings (SSSR count). The first-order valence-electron chi connectivity index (χ1n) is 19.4. The molecule has 14 nitrogen and oxygen atoms in total. The topological polar surface area (TPSA) is 203 Å². The molecule has 0 saturated heterocycles. The molecule has 2 atom stereocenters. The zero-order valence-corrected chi connectivity index (χ0v) is 34.1. The minimum absolute atomic E-state index is 0.0429. The SMILES string of the molecule is CC(C)N1c2cc(NC(=O)CCCC(=O)NO)c(C3=C([O-])/C(=c4/cc5c(cc4NC(=O)CCCC(=O)NO)=[N+](C(C)C)C(C)C5(C)C)C3=O)cc2C(C)(C)C1C. The van der Waals surface area contributed by atoms with Crippen molar-refractivity contribution in [1.82, 2.24) is 15.5 Å². The van der Waals surface area contributed by atoms with Gasteiger partial charge in [0.1, 0.15) is 6.04 Å². The summed E-state index contributed by atoms with van der Waals surface area (Å²) in [5.74, 6) is -3.12. The number of hydrogen-bond acceptors (Lipinski definition) is 9. The molecule has 0 spiro atoms. The van der Waals surface area contributed by atoms with E-state index in [1.807, 2.05) is 24.3 Å². The summed E-state index contributed by atoms with van der Waals surface area (Å²) < 4.78 is 2.26. The standard InChI is InChI=1S/C42H56N6O8/c1-21(2)47-23(5)41(7,8)27-17-25(29(19-31(27)47)43-33(49)13-11-15-35(51)45-55)37-39(53)38(40(37)54)26-18-28-32(48(22(3)4)24(6)42(28,9)10)20-30(26)44-34(50)14-12-16-36(52)46-56/h17-24H,11-16H2,1-10H3,(H6,43,44,45,46,49,50,51,52,53,54,55,56). The Morgan fingerprint density at radius 1 is 0.768 bits per heavy atom. The first kappa shape index (κ1) is 42.1. The van der Waals surface area contributed by atoms with Crippen LogP contribution in [0.3, 0.4) is 0 Å². The van der Waals surface area contributed by atoms with Gasteiger partial charge in [-0.2, -0.15) is 0 Å². The largest absolute Gasteiger partial charge is 0.871 e. The van der Waals surface area contributed by atoms with Crippen molar-refractivity contribution in [3.8, 4) is 0 Å². The van der Waals surface area contributed by atoms with Crippen LogP contribution < -0.4 is 46.8 Å². The Morgan fingerprint density at radius 2 is 1.30 bits per heavy atom. The van der Waals surface area contributed by atoms with E-state index < -0.39 is 35.2 Å². The number of carbonyl (C=O) groups excluding carboxylic acids is 5. The average Bonchev–Trinajstić information content (AvgIpc) is 3.44. The molecule has 2 heterocycles. The Bertz CT molecular complexity index is 2150. The number of benzene rings is 2. The number of nitrogens with one attached hydrogen (secondary N) is 4. The predicted molar refractivity (Wildman–Crippen MR) is 211 cm³/mol. The van der Waals surface area contributed by atoms with Gasteiger partial charge in [-0.3, -0.25) is 34.4 Å². The third-order valence-electron chi connectivity index (χ3n) is 12.1. The summed E-state index contributed by atoms with van der Waals surface area (Å²) in [6.45, 7) is 21.0. The number of nitrogens with zero attached hydrogens (tertiary/aromatic N) is 2. The van der Waals surface area contributed by atoms with Crippen LogP contribution in [0.4, 0.5) is 17.1 Å². The Kier molecular flexibility index (Phi) is 11.9. The number of anilines is 3. The van der Waals surface area contributed by atoms with E-state index in [2.05, 4.69) is 89.3 Å². The first-order valence-corrected chi connectivity index (χ1v) is 19.4. The summed E-state index contributed by atoms with van der Waals surface area (Å²) >= 11 is 0. The number of hydroxylamine groups is 2. The summed E-state index contributed by atoms with van der Waals surface area (Å²) in [4.78, 5) is 66.5. The number of carbonyl (C=O) groups is 5. The van der Waals surface area contributed by atoms with Crippen molar-refractivity contribution < 1.29 is 39.5 Å². The van der Waals surface area contributed by atoms with E-state index in [-0.39, 0.29) is 84.7 Å². The van der Waals surface area contributed by atoms with E-state index in [1.165, 1.54) is 0 Å². The zero-order valence-electron chi connectivity index (χ0n) is 34.1. The van der Waals surface area contributed by atoms with Gasteiger partial charge in [-0.15, -0.1) is 0 Å². The van der Waals surface area contributed by atoms with Crippen molar-refractivity contribution in [1.29, 1.82) is 0 Å². The summed E-state index contributed by atoms with van der Waals surface area (Å²) in [5, 5.41) is 39.3. The van der Waals surface area contributed by atoms with Gasteiger partial charge in [0.2, 0.25) is 29.0 Å². The first-order chi connectivity index (χ1) is 26.2. The molecule has 302 valence electrons. The highest BCUT2D eigenvalue weighted by Crippen LogP contribution is 2.50. The number of hydrogen-bond donors (Lipinski definition) is 6. The van der Waals surface area contributed by atoms with Crippen LogP contribution in [-0.2, 0) is 34.8 Å². The van der Waals surface area contributed by atoms with Crippen LogP contribution in [0.1, 0.15) is 124 Å². The normalized spacial score (nSPS) is 20.2. The fourth-order valence-corrected chi connectivity index (χ4v) is 8.51. The minimum Gasteiger partial charge on any atom is -0.871 e. The van der Waals surface area contributed by atoms with Gasteiger partial charge in [0.15, 0.2) is 11.8 Å². The highest BCUT2D eigenvalue weighted by molar-refractivity contribution is 6.52. The number of allylic oxidation sites excluding steroid dienone is 2. The van der Waals surface area contributed by atoms with E-state index in [4.69, 9.17) is 10.4 Å². The lowest BCUT2D eigenvalue weighted by Gasteiger charge is -2.34. The van der Waals surface area contributed by atoms with Crippen LogP contribution >= 0.6 is 0 Å². The Labute approximate surface area is 327 Å². The summed E-state index contributed by atoms with van der Waals surface area (Å²) in [6.07, 6.45) is 0.109. The van der Waals surface area contributed by atoms with Crippen LogP contribution in [0.25, 0.3) is 11.1 Å². The van der Waals surface area contributed by atoms with Crippen molar-refractivity contribution >= 4 is 57.6 Å². The van der Waals surface area contributed by atoms with Gasteiger partial charge in [0, 0.05) is 82.4 Å². The number of fused-ring (bicyclic) bond motifs is 2. The minimum atomic E-state index is -0.616. The second-order valence-electron chi connectivity index (χ2n) is 16.9. The summed E-state index contributed by atoms with van der Waals surface area (Å²) in [6, 6.07) is 7.64. The number of ketones is 1. The smallest absolute Gasteiger partial charge is 0.243 e. The number of Topliss-reactive ketones (excluding diaryl/α,β-unsaturated/α-hetero) is 1. The second kappa shape index (κ2) is 15.8. The van der Waals surface area contributed by atoms with E-state index in [9.17, 15) is 29.1 Å². The van der Waals surface area contributed by atoms with E-state index >= 15 is 0 Å². The van der Waals surface area contributed by atoms with Crippen LogP contribution in [-0.4, -0.2) is 64.0 Å². The van der Waals surface area contributed by atoms with Gasteiger partial charge in [0.25, 0.3) is 0 Å². The third-order valence-corrected chi connectivity index (χ3v) is 12.1. The van der Waals surface area contributed by atoms with Crippen molar-refractivity contribution in [2.45, 2.75) is 143 Å². The van der Waals surface area contributed by atoms with Crippen molar-refractivity contribution in [2.75, 3.05) is 15.5 Å². The maximum absolute atomic E-state index is 14.5. The van der Waals surface area contributed by atoms with Crippen molar-refractivity contribution in [2.24, 2.45) is 0 Å². The van der Waals surface area contributed by atoms with Gasteiger partial charge < -0.3 is 20.6 Å². The number of amides is 4. The van der Waals surface area contributed by atoms with Gasteiger partial charge in [0.05, 0.1) is 16.8 Å². The molecule has 2 unspecified atom stereocenters. The molecule has 56 heavy (non-hydrogen) atoms. The lowest BCUT2D eigenvalue weighted by atomic mass is 9.76. The highest BCUT2D eigenvalue weighted by atomic mass is 16.5. The monoisotopic (exact) mass is 772 g/mol. The van der Waals surface area contributed by atoms with Crippen molar-refractivity contribution in [3.05, 3.63) is 57.3 Å². The molecule has 0 bridgehead atoms. The molecule has 6 N–H and O–H groups in total. The molecule has 2 aliphatic heterocycles. The lowest BCUT2D eigenvalue weighted by molar-refractivity contribution is -0.292. The maximum atomic E-state index is 14.5. The van der Waals surface area contributed by atoms with E-state index in [0.717, 1.165) is 22.2 Å². The van der Waals surface area contributed by atoms with Gasteiger partial charge in [-0.25, -0.2) is 15.5 Å². The molecular formula is C42H56N6O8. The molecule has 0 aromatic heterocycles. The Hall–Kier alpha value is -5.08. The van der Waals surface area contributed by atoms with Crippen LogP contribution in [0.5, 0.6) is 0 Å². The molecule has 4 amide bonds. The average molecular weight is 773 g/mol. The number of rotatable bonds is 13. The second-order valence-corrected chi connectivity index (χ2v) is 16.9. The highest BCUT2D eigenvalue weighted by Gasteiger charge is 2.47. The summed E-state index contributed by atoms with van der Waals surface area (Å²) in [7, 11) is 0. The van der Waals surface area contributed by atoms with Crippen LogP contribution in [0.2, 0.25) is 0 Å². The molecular weight excluding hydrogens is 716 g/mol. The summed E-state index contributed by atoms with van der Waals surface area (Å²) in [5.41, 5.74) is 5.84. The van der Waals surface area contributed by atoms with E-state index in [0.29, 0.717) is 22.2 Å². The molecule has 0 fully saturated rings. The van der Waals surface area contributed by atoms with Crippen LogP contribution in [0.15, 0.2) is 30.0 Å². The third kappa shape index (κ3) is 7.43. The quantitative estimate of drug-likeness (QED) is 0.101. The van der Waals surface area contributed by atoms with Gasteiger partial charge in [-0.1, -0.05) is 19.6 Å². The van der Waals surface area contributed by atoms with Gasteiger partial charge in [-0.05, 0) is 92.0 Å². The molecule has 3 aliphatic rings. The lowest BCUT2D eigenvalue weighted by Crippen LogP contribution is -2.42. The molecule has 1 aliphatic carbocycles. The van der Waals surface area contributed by atoms with Crippen LogP contribution in [0, 0.1) is 0 Å². The maximum Gasteiger partial charge on any atom is 0.243 e. The van der Waals surface area contributed by atoms with E-state index in [1.54, 1.807) is 11.0 Å². The Balaban J connectivity index is 1.70. The fraction of sp³-hybridized carbons (Fsp3) is 0.524. The zero-order chi connectivity index (χ0) is 41.6. The Morgan fingerprint density at radius 3 is 1.80 bits per heavy atom. The fourth-order valence-electron chi connectivity index (χ4n) is 8.51. The molecule has 2 aromatic rings. The van der Waals surface area contributed by atoms with Gasteiger partial charge >= 0.3 is 0 Å². The van der Waals surface area contributed by atoms with Crippen molar-refractivity contribution in [3.63, 3.8) is 0 Å². The molecule has 0 radical (unpaired) electrons. The molecule has 14 heteroatoms.